The molecule has 0 spiro atoms. The van der Waals surface area contributed by atoms with E-state index in [0.717, 1.165) is 12.3 Å². The Morgan fingerprint density at radius 2 is 2.21 bits per heavy atom. The van der Waals surface area contributed by atoms with Crippen molar-refractivity contribution in [2.24, 2.45) is 0 Å². The highest BCUT2D eigenvalue weighted by Gasteiger charge is 2.25. The fraction of sp³-hybridized carbons (Fsp3) is 0.533. The van der Waals surface area contributed by atoms with E-state index in [-0.39, 0.29) is 6.42 Å². The lowest BCUT2D eigenvalue weighted by Gasteiger charge is -2.28. The van der Waals surface area contributed by atoms with E-state index in [2.05, 4.69) is 43.0 Å². The van der Waals surface area contributed by atoms with E-state index in [1.165, 1.54) is 10.5 Å². The highest BCUT2D eigenvalue weighted by atomic mass is 32.2. The molecule has 4 heteroatoms. The van der Waals surface area contributed by atoms with Crippen molar-refractivity contribution in [1.82, 2.24) is 4.90 Å². The smallest absolute Gasteiger partial charge is 0.304 e. The third-order valence-corrected chi connectivity index (χ3v) is 4.85. The normalized spacial score (nSPS) is 18.0. The van der Waals surface area contributed by atoms with Gasteiger partial charge < -0.3 is 5.11 Å². The Kier molecular flexibility index (Phi) is 4.88. The number of rotatable bonds is 6. The number of fused-ring (bicyclic) bond motifs is 1. The average Bonchev–Trinajstić information content (AvgIpc) is 2.77. The Balaban J connectivity index is 2.00. The highest BCUT2D eigenvalue weighted by molar-refractivity contribution is 7.99. The predicted molar refractivity (Wildman–Crippen MR) is 78.9 cm³/mol. The summed E-state index contributed by atoms with van der Waals surface area (Å²) >= 11 is 1.91. The summed E-state index contributed by atoms with van der Waals surface area (Å²) < 4.78 is 0. The number of thioether (sulfide) groups is 1. The van der Waals surface area contributed by atoms with Crippen LogP contribution in [0.4, 0.5) is 0 Å². The number of hydrogen-bond donors (Lipinski definition) is 1. The summed E-state index contributed by atoms with van der Waals surface area (Å²) in [6.45, 7) is 5.86. The van der Waals surface area contributed by atoms with Crippen molar-refractivity contribution in [3.05, 3.63) is 29.8 Å². The molecule has 19 heavy (non-hydrogen) atoms. The van der Waals surface area contributed by atoms with E-state index >= 15 is 0 Å². The van der Waals surface area contributed by atoms with Crippen LogP contribution in [0.2, 0.25) is 0 Å². The molecule has 1 atom stereocenters. The second-order valence-corrected chi connectivity index (χ2v) is 6.34. The third kappa shape index (κ3) is 3.74. The van der Waals surface area contributed by atoms with E-state index in [1.807, 2.05) is 11.8 Å². The first-order chi connectivity index (χ1) is 9.08. The van der Waals surface area contributed by atoms with Gasteiger partial charge in [-0.15, -0.1) is 11.8 Å². The lowest BCUT2D eigenvalue weighted by molar-refractivity contribution is -0.137. The van der Waals surface area contributed by atoms with E-state index in [1.54, 1.807) is 0 Å². The molecule has 1 aliphatic rings. The van der Waals surface area contributed by atoms with Gasteiger partial charge in [0.25, 0.3) is 0 Å². The number of carboxylic acids is 1. The number of carbonyl (C=O) groups is 1. The van der Waals surface area contributed by atoms with E-state index < -0.39 is 5.97 Å². The SMILES string of the molecule is CC(C)N(CCC(=O)O)CC1CSc2ccccc21. The Morgan fingerprint density at radius 3 is 2.89 bits per heavy atom. The molecule has 0 amide bonds. The van der Waals surface area contributed by atoms with Crippen LogP contribution in [-0.2, 0) is 4.79 Å². The zero-order valence-corrected chi connectivity index (χ0v) is 12.3. The van der Waals surface area contributed by atoms with Crippen LogP contribution in [-0.4, -0.2) is 40.9 Å². The fourth-order valence-electron chi connectivity index (χ4n) is 2.46. The number of aliphatic carboxylic acids is 1. The number of nitrogens with zero attached hydrogens (tertiary/aromatic N) is 1. The summed E-state index contributed by atoms with van der Waals surface area (Å²) in [5, 5.41) is 8.83. The molecule has 0 fully saturated rings. The average molecular weight is 279 g/mol. The minimum absolute atomic E-state index is 0.222. The van der Waals surface area contributed by atoms with Crippen LogP contribution in [0.3, 0.4) is 0 Å². The molecule has 1 aromatic rings. The molecule has 1 aromatic carbocycles. The minimum atomic E-state index is -0.716. The zero-order chi connectivity index (χ0) is 13.8. The number of hydrogen-bond acceptors (Lipinski definition) is 3. The molecular weight excluding hydrogens is 258 g/mol. The van der Waals surface area contributed by atoms with Gasteiger partial charge in [-0.05, 0) is 25.5 Å². The number of benzene rings is 1. The van der Waals surface area contributed by atoms with Gasteiger partial charge in [0, 0.05) is 35.7 Å². The molecule has 1 unspecified atom stereocenters. The van der Waals surface area contributed by atoms with Gasteiger partial charge in [0.15, 0.2) is 0 Å². The van der Waals surface area contributed by atoms with E-state index in [4.69, 9.17) is 5.11 Å². The molecule has 0 saturated carbocycles. The highest BCUT2D eigenvalue weighted by Crippen LogP contribution is 2.39. The van der Waals surface area contributed by atoms with Gasteiger partial charge >= 0.3 is 5.97 Å². The maximum atomic E-state index is 10.7. The van der Waals surface area contributed by atoms with Crippen LogP contribution >= 0.6 is 11.8 Å². The summed E-state index contributed by atoms with van der Waals surface area (Å²) in [6, 6.07) is 8.94. The summed E-state index contributed by atoms with van der Waals surface area (Å²) in [5.74, 6) is 0.916. The lowest BCUT2D eigenvalue weighted by Crippen LogP contribution is -2.36. The molecule has 3 nitrogen and oxygen atoms in total. The van der Waals surface area contributed by atoms with Gasteiger partial charge in [0.05, 0.1) is 6.42 Å². The largest absolute Gasteiger partial charge is 0.481 e. The van der Waals surface area contributed by atoms with Gasteiger partial charge in [-0.3, -0.25) is 9.69 Å². The van der Waals surface area contributed by atoms with Crippen molar-refractivity contribution in [1.29, 1.82) is 0 Å². The quantitative estimate of drug-likeness (QED) is 0.869. The second kappa shape index (κ2) is 6.44. The zero-order valence-electron chi connectivity index (χ0n) is 11.5. The lowest BCUT2D eigenvalue weighted by atomic mass is 10.00. The molecule has 104 valence electrons. The van der Waals surface area contributed by atoms with Crippen molar-refractivity contribution in [2.75, 3.05) is 18.8 Å². The molecule has 0 aromatic heterocycles. The summed E-state index contributed by atoms with van der Waals surface area (Å²) in [6.07, 6.45) is 0.222. The molecule has 2 rings (SSSR count). The van der Waals surface area contributed by atoms with Crippen LogP contribution in [0.15, 0.2) is 29.2 Å². The van der Waals surface area contributed by atoms with Crippen molar-refractivity contribution in [2.45, 2.75) is 37.1 Å². The van der Waals surface area contributed by atoms with E-state index in [0.29, 0.717) is 18.5 Å². The first-order valence-electron chi connectivity index (χ1n) is 6.75. The Bertz CT molecular complexity index is 448. The topological polar surface area (TPSA) is 40.5 Å². The first-order valence-corrected chi connectivity index (χ1v) is 7.74. The van der Waals surface area contributed by atoms with Crippen LogP contribution in [0.25, 0.3) is 0 Å². The van der Waals surface area contributed by atoms with Gasteiger partial charge in [-0.2, -0.15) is 0 Å². The molecule has 0 radical (unpaired) electrons. The van der Waals surface area contributed by atoms with Crippen LogP contribution in [0.1, 0.15) is 31.7 Å². The predicted octanol–water partition coefficient (Wildman–Crippen LogP) is 3.06. The van der Waals surface area contributed by atoms with Crippen LogP contribution in [0.5, 0.6) is 0 Å². The molecule has 1 aliphatic heterocycles. The summed E-state index contributed by atoms with van der Waals surface area (Å²) in [5.41, 5.74) is 1.42. The standard InChI is InChI=1S/C15H21NO2S/c1-11(2)16(8-7-15(17)18)9-12-10-19-14-6-4-3-5-13(12)14/h3-6,11-12H,7-10H2,1-2H3,(H,17,18). The summed E-state index contributed by atoms with van der Waals surface area (Å²) in [7, 11) is 0. The Labute approximate surface area is 119 Å². The Hall–Kier alpha value is -1.00. The second-order valence-electron chi connectivity index (χ2n) is 5.28. The fourth-order valence-corrected chi connectivity index (χ4v) is 3.70. The molecule has 0 bridgehead atoms. The van der Waals surface area contributed by atoms with Crippen molar-refractivity contribution >= 4 is 17.7 Å². The maximum Gasteiger partial charge on any atom is 0.304 e. The van der Waals surface area contributed by atoms with Crippen molar-refractivity contribution < 1.29 is 9.90 Å². The molecule has 1 N–H and O–H groups in total. The van der Waals surface area contributed by atoms with Crippen LogP contribution < -0.4 is 0 Å². The van der Waals surface area contributed by atoms with Gasteiger partial charge in [-0.25, -0.2) is 0 Å². The minimum Gasteiger partial charge on any atom is -0.481 e. The van der Waals surface area contributed by atoms with Crippen molar-refractivity contribution in [3.8, 4) is 0 Å². The molecule has 0 saturated heterocycles. The van der Waals surface area contributed by atoms with E-state index in [9.17, 15) is 4.79 Å². The monoisotopic (exact) mass is 279 g/mol. The molecular formula is C15H21NO2S. The van der Waals surface area contributed by atoms with Crippen molar-refractivity contribution in [3.63, 3.8) is 0 Å². The first kappa shape index (κ1) is 14.4. The third-order valence-electron chi connectivity index (χ3n) is 3.60. The van der Waals surface area contributed by atoms with Gasteiger partial charge in [-0.1, -0.05) is 18.2 Å². The maximum absolute atomic E-state index is 10.7. The molecule has 1 heterocycles. The van der Waals surface area contributed by atoms with Gasteiger partial charge in [0.2, 0.25) is 0 Å². The van der Waals surface area contributed by atoms with Crippen LogP contribution in [0, 0.1) is 0 Å². The summed E-state index contributed by atoms with van der Waals surface area (Å²) in [4.78, 5) is 14.4. The Morgan fingerprint density at radius 1 is 1.47 bits per heavy atom. The molecule has 0 aliphatic carbocycles. The number of carboxylic acid groups (broad SMARTS) is 1. The van der Waals surface area contributed by atoms with Gasteiger partial charge in [0.1, 0.15) is 0 Å².